The third-order valence-corrected chi connectivity index (χ3v) is 5.13. The van der Waals surface area contributed by atoms with Crippen LogP contribution in [0.15, 0.2) is 35.5 Å². The number of hydrogen-bond acceptors (Lipinski definition) is 0. The van der Waals surface area contributed by atoms with Gasteiger partial charge in [-0.05, 0) is 0 Å². The van der Waals surface area contributed by atoms with E-state index in [-0.39, 0.29) is 47.1 Å². The smallest absolute Gasteiger partial charge is 0.147 e. The maximum atomic E-state index is 3.15. The van der Waals surface area contributed by atoms with Gasteiger partial charge in [-0.2, -0.15) is 12.2 Å². The summed E-state index contributed by atoms with van der Waals surface area (Å²) in [5.74, 6) is 1.11. The molecule has 0 fully saturated rings. The van der Waals surface area contributed by atoms with Crippen molar-refractivity contribution in [3.63, 3.8) is 0 Å². The molecule has 0 N–H and O–H groups in total. The van der Waals surface area contributed by atoms with Gasteiger partial charge in [-0.1, -0.05) is 25.7 Å². The predicted molar refractivity (Wildman–Crippen MR) is 109 cm³/mol. The molecule has 3 heteroatoms. The third kappa shape index (κ3) is 18.3. The van der Waals surface area contributed by atoms with E-state index < -0.39 is 0 Å². The minimum atomic E-state index is -0.128. The van der Waals surface area contributed by atoms with Crippen molar-refractivity contribution in [3.05, 3.63) is 47.6 Å². The van der Waals surface area contributed by atoms with Crippen molar-refractivity contribution in [3.8, 4) is 0 Å². The van der Waals surface area contributed by atoms with Crippen LogP contribution in [0.25, 0.3) is 0 Å². The fourth-order valence-corrected chi connectivity index (χ4v) is 4.46. The molecular formula is C20H32Cl2Zr-2. The molecular weight excluding hydrogens is 402 g/mol. The van der Waals surface area contributed by atoms with E-state index in [9.17, 15) is 0 Å². The Morgan fingerprint density at radius 2 is 1.09 bits per heavy atom. The first-order chi connectivity index (χ1) is 9.70. The van der Waals surface area contributed by atoms with E-state index in [1.807, 2.05) is 12.2 Å². The van der Waals surface area contributed by atoms with Gasteiger partial charge in [0.1, 0.15) is 0 Å². The maximum absolute atomic E-state index is 3.15. The van der Waals surface area contributed by atoms with Gasteiger partial charge in [-0.3, -0.25) is 12.2 Å². The summed E-state index contributed by atoms with van der Waals surface area (Å²) < 4.78 is 3.34. The van der Waals surface area contributed by atoms with Gasteiger partial charge in [0.15, 0.2) is 0 Å². The Morgan fingerprint density at radius 1 is 0.783 bits per heavy atom. The second kappa shape index (κ2) is 15.7. The molecule has 0 aromatic carbocycles. The largest absolute Gasteiger partial charge is 0.147 e. The summed E-state index contributed by atoms with van der Waals surface area (Å²) in [5.41, 5.74) is 2.68. The van der Waals surface area contributed by atoms with Crippen molar-refractivity contribution >= 4 is 31.2 Å². The number of allylic oxidation sites excluding steroid dienone is 8. The van der Waals surface area contributed by atoms with Gasteiger partial charge >= 0.3 is 56.4 Å². The summed E-state index contributed by atoms with van der Waals surface area (Å²) >= 11 is -0.128. The van der Waals surface area contributed by atoms with Crippen LogP contribution in [0.5, 0.6) is 0 Å². The first-order valence-electron chi connectivity index (χ1n) is 7.63. The summed E-state index contributed by atoms with van der Waals surface area (Å²) in [7, 11) is 0. The molecule has 132 valence electrons. The van der Waals surface area contributed by atoms with Crippen molar-refractivity contribution in [2.45, 2.75) is 55.4 Å². The van der Waals surface area contributed by atoms with E-state index in [1.165, 1.54) is 11.1 Å². The second-order valence-electron chi connectivity index (χ2n) is 6.15. The molecule has 0 heterocycles. The SMILES string of the molecule is CC1=CC(C)[C-]=C1.CC1=CC(C)[C-]=C1.C[C](C)=[Zr]=[C](C)C.Cl.Cl. The Labute approximate surface area is 167 Å². The molecule has 0 aliphatic heterocycles. The van der Waals surface area contributed by atoms with Crippen molar-refractivity contribution in [1.82, 2.24) is 0 Å². The van der Waals surface area contributed by atoms with Crippen LogP contribution in [0, 0.1) is 24.0 Å². The molecule has 0 saturated heterocycles. The molecule has 0 amide bonds. The van der Waals surface area contributed by atoms with Crippen LogP contribution in [0.3, 0.4) is 0 Å². The molecule has 0 saturated carbocycles. The number of rotatable bonds is 0. The molecule has 0 radical (unpaired) electrons. The van der Waals surface area contributed by atoms with Crippen LogP contribution < -0.4 is 0 Å². The van der Waals surface area contributed by atoms with Gasteiger partial charge in [-0.15, -0.1) is 38.7 Å². The molecule has 2 rings (SSSR count). The van der Waals surface area contributed by atoms with E-state index in [2.05, 4.69) is 79.7 Å². The van der Waals surface area contributed by atoms with E-state index >= 15 is 0 Å². The zero-order valence-electron chi connectivity index (χ0n) is 15.8. The summed E-state index contributed by atoms with van der Waals surface area (Å²) in [6.07, 6.45) is 14.8. The molecule has 23 heavy (non-hydrogen) atoms. The fraction of sp³-hybridized carbons (Fsp3) is 0.500. The number of hydrogen-bond donors (Lipinski definition) is 0. The molecule has 0 spiro atoms. The molecule has 0 nitrogen and oxygen atoms in total. The summed E-state index contributed by atoms with van der Waals surface area (Å²) in [6.45, 7) is 17.4. The van der Waals surface area contributed by atoms with Crippen LogP contribution in [0.1, 0.15) is 55.4 Å². The Balaban J connectivity index is -0.000000250. The monoisotopic (exact) mass is 432 g/mol. The van der Waals surface area contributed by atoms with Gasteiger partial charge in [0.25, 0.3) is 0 Å². The maximum Gasteiger partial charge on any atom is -0.147 e. The standard InChI is InChI=1S/2C7H9.2C3H6.2ClH.Zr/c2*1-6-3-4-7(2)5-6;2*1-3-2;;;/h2*3,5,7H,1-2H3;2*1-2H3;2*1H;/q2*-1;;;;;. The van der Waals surface area contributed by atoms with Gasteiger partial charge in [0.2, 0.25) is 0 Å². The van der Waals surface area contributed by atoms with Crippen LogP contribution in [-0.4, -0.2) is 6.41 Å². The zero-order chi connectivity index (χ0) is 16.4. The average Bonchev–Trinajstić information content (AvgIpc) is 2.87. The second-order valence-corrected chi connectivity index (χ2v) is 11.7. The van der Waals surface area contributed by atoms with Gasteiger partial charge in [0.05, 0.1) is 0 Å². The molecule has 0 aromatic heterocycles. The summed E-state index contributed by atoms with van der Waals surface area (Å²) in [6, 6.07) is 0. The minimum absolute atomic E-state index is 0. The zero-order valence-corrected chi connectivity index (χ0v) is 19.9. The Morgan fingerprint density at radius 3 is 1.13 bits per heavy atom. The fourth-order valence-electron chi connectivity index (χ4n) is 2.01. The van der Waals surface area contributed by atoms with E-state index in [4.69, 9.17) is 0 Å². The van der Waals surface area contributed by atoms with Crippen molar-refractivity contribution in [1.29, 1.82) is 0 Å². The molecule has 2 atom stereocenters. The molecule has 2 aliphatic carbocycles. The number of halogens is 2. The van der Waals surface area contributed by atoms with Crippen molar-refractivity contribution in [2.24, 2.45) is 11.8 Å². The van der Waals surface area contributed by atoms with Gasteiger partial charge < -0.3 is 0 Å². The van der Waals surface area contributed by atoms with Gasteiger partial charge in [-0.25, -0.2) is 23.3 Å². The van der Waals surface area contributed by atoms with Crippen molar-refractivity contribution in [2.75, 3.05) is 0 Å². The third-order valence-electron chi connectivity index (χ3n) is 2.67. The first kappa shape index (κ1) is 28.0. The van der Waals surface area contributed by atoms with E-state index in [0.29, 0.717) is 11.8 Å². The Kier molecular flexibility index (Phi) is 19.1. The summed E-state index contributed by atoms with van der Waals surface area (Å²) in [5, 5.41) is 0. The van der Waals surface area contributed by atoms with Crippen LogP contribution >= 0.6 is 24.8 Å². The summed E-state index contributed by atoms with van der Waals surface area (Å²) in [4.78, 5) is 0. The van der Waals surface area contributed by atoms with Gasteiger partial charge in [0, 0.05) is 0 Å². The Bertz CT molecular complexity index is 464. The normalized spacial score (nSPS) is 19.5. The van der Waals surface area contributed by atoms with Crippen LogP contribution in [-0.2, 0) is 22.3 Å². The minimum Gasteiger partial charge on any atom is -0.147 e. The quantitative estimate of drug-likeness (QED) is 0.397. The average molecular weight is 435 g/mol. The van der Waals surface area contributed by atoms with Crippen LogP contribution in [0.4, 0.5) is 0 Å². The topological polar surface area (TPSA) is 0 Å². The van der Waals surface area contributed by atoms with E-state index in [1.54, 1.807) is 6.41 Å². The van der Waals surface area contributed by atoms with Crippen LogP contribution in [0.2, 0.25) is 0 Å². The predicted octanol–water partition coefficient (Wildman–Crippen LogP) is 6.22. The van der Waals surface area contributed by atoms with Crippen molar-refractivity contribution < 1.29 is 22.3 Å². The molecule has 2 unspecified atom stereocenters. The molecule has 2 aliphatic rings. The Hall–Kier alpha value is 0.163. The molecule has 0 bridgehead atoms. The van der Waals surface area contributed by atoms with E-state index in [0.717, 1.165) is 0 Å². The molecule has 0 aromatic rings. The first-order valence-corrected chi connectivity index (χ1v) is 10.1.